The van der Waals surface area contributed by atoms with Crippen molar-refractivity contribution in [2.75, 3.05) is 0 Å². The summed E-state index contributed by atoms with van der Waals surface area (Å²) in [4.78, 5) is 33.5. The van der Waals surface area contributed by atoms with Crippen LogP contribution in [0.25, 0.3) is 0 Å². The molecule has 0 atom stereocenters. The SMILES string of the molecule is O=[N+]([O-])c1ccc(/C=N\c2n[nH]c(/N=C/c3ccc([N+](=O)[O-])s3)n2)s1. The number of aliphatic imine (C=N–C) groups is 2. The average molecular weight is 377 g/mol. The van der Waals surface area contributed by atoms with E-state index in [9.17, 15) is 20.2 Å². The van der Waals surface area contributed by atoms with E-state index in [1.165, 1.54) is 24.6 Å². The average Bonchev–Trinajstić information content (AvgIpc) is 3.30. The number of nitro groups is 2. The van der Waals surface area contributed by atoms with Gasteiger partial charge in [-0.05, 0) is 12.1 Å². The summed E-state index contributed by atoms with van der Waals surface area (Å²) in [6.07, 6.45) is 2.84. The van der Waals surface area contributed by atoms with Crippen molar-refractivity contribution in [3.63, 3.8) is 0 Å². The van der Waals surface area contributed by atoms with Crippen molar-refractivity contribution < 1.29 is 9.85 Å². The highest BCUT2D eigenvalue weighted by Gasteiger charge is 2.09. The Bertz CT molecular complexity index is 910. The van der Waals surface area contributed by atoms with Crippen LogP contribution in [0, 0.1) is 20.2 Å². The van der Waals surface area contributed by atoms with Gasteiger partial charge in [-0.25, -0.2) is 15.1 Å². The number of nitrogens with one attached hydrogen (secondary N) is 1. The number of thiophene rings is 2. The van der Waals surface area contributed by atoms with Gasteiger partial charge in [-0.1, -0.05) is 22.7 Å². The first kappa shape index (κ1) is 16.5. The van der Waals surface area contributed by atoms with Crippen molar-refractivity contribution in [2.24, 2.45) is 9.98 Å². The molecule has 0 bridgehead atoms. The maximum Gasteiger partial charge on any atom is 0.324 e. The van der Waals surface area contributed by atoms with E-state index in [1.807, 2.05) is 0 Å². The number of hydrogen-bond acceptors (Lipinski definition) is 10. The van der Waals surface area contributed by atoms with Crippen LogP contribution < -0.4 is 0 Å². The largest absolute Gasteiger partial charge is 0.324 e. The molecule has 3 heterocycles. The normalized spacial score (nSPS) is 11.5. The second kappa shape index (κ2) is 7.06. The van der Waals surface area contributed by atoms with Gasteiger partial charge >= 0.3 is 10.0 Å². The van der Waals surface area contributed by atoms with Gasteiger partial charge in [-0.2, -0.15) is 4.98 Å². The van der Waals surface area contributed by atoms with Crippen molar-refractivity contribution in [2.45, 2.75) is 0 Å². The lowest BCUT2D eigenvalue weighted by Gasteiger charge is -1.83. The lowest BCUT2D eigenvalue weighted by atomic mass is 10.5. The predicted molar refractivity (Wildman–Crippen MR) is 92.8 cm³/mol. The molecule has 11 nitrogen and oxygen atoms in total. The molecule has 0 radical (unpaired) electrons. The summed E-state index contributed by atoms with van der Waals surface area (Å²) < 4.78 is 0. The molecule has 3 rings (SSSR count). The summed E-state index contributed by atoms with van der Waals surface area (Å²) in [5.41, 5.74) is 0. The Labute approximate surface area is 146 Å². The molecule has 13 heteroatoms. The molecule has 0 aliphatic heterocycles. The van der Waals surface area contributed by atoms with Gasteiger partial charge in [0.2, 0.25) is 5.95 Å². The third kappa shape index (κ3) is 4.15. The summed E-state index contributed by atoms with van der Waals surface area (Å²) in [5, 5.41) is 27.7. The van der Waals surface area contributed by atoms with Gasteiger partial charge in [-0.15, -0.1) is 5.10 Å². The van der Waals surface area contributed by atoms with Crippen LogP contribution in [0.3, 0.4) is 0 Å². The Morgan fingerprint density at radius 1 is 0.960 bits per heavy atom. The number of aromatic amines is 1. The van der Waals surface area contributed by atoms with Crippen LogP contribution in [0.4, 0.5) is 21.9 Å². The summed E-state index contributed by atoms with van der Waals surface area (Å²) >= 11 is 1.97. The maximum absolute atomic E-state index is 10.6. The Kier molecular flexibility index (Phi) is 4.67. The van der Waals surface area contributed by atoms with E-state index >= 15 is 0 Å². The minimum atomic E-state index is -0.476. The van der Waals surface area contributed by atoms with Crippen molar-refractivity contribution in [1.82, 2.24) is 15.2 Å². The Morgan fingerprint density at radius 2 is 1.52 bits per heavy atom. The first-order valence-corrected chi connectivity index (χ1v) is 8.13. The Hall–Kier alpha value is -3.32. The number of H-pyrrole nitrogens is 1. The number of hydrogen-bond donors (Lipinski definition) is 1. The monoisotopic (exact) mass is 377 g/mol. The highest BCUT2D eigenvalue weighted by Crippen LogP contribution is 2.24. The van der Waals surface area contributed by atoms with Gasteiger partial charge in [0.15, 0.2) is 0 Å². The molecular formula is C12H7N7O4S2. The van der Waals surface area contributed by atoms with Gasteiger partial charge in [0.25, 0.3) is 5.95 Å². The molecule has 0 amide bonds. The van der Waals surface area contributed by atoms with E-state index in [-0.39, 0.29) is 21.9 Å². The maximum atomic E-state index is 10.6. The van der Waals surface area contributed by atoms with Crippen molar-refractivity contribution in [3.8, 4) is 0 Å². The smallest absolute Gasteiger partial charge is 0.258 e. The Balaban J connectivity index is 1.66. The van der Waals surface area contributed by atoms with Crippen LogP contribution in [0.15, 0.2) is 34.3 Å². The second-order valence-corrected chi connectivity index (χ2v) is 6.53. The number of aromatic nitrogens is 3. The molecule has 3 aromatic heterocycles. The topological polar surface area (TPSA) is 153 Å². The van der Waals surface area contributed by atoms with Crippen LogP contribution in [0.5, 0.6) is 0 Å². The number of nitrogens with zero attached hydrogens (tertiary/aromatic N) is 6. The van der Waals surface area contributed by atoms with E-state index < -0.39 is 9.85 Å². The standard InChI is InChI=1S/C12H7N7O4S2/c20-18(21)9-3-1-7(24-9)5-13-11-15-12(17-16-11)14-6-8-2-4-10(25-8)19(22)23/h1-6H,(H,15,16,17)/b13-5-,14-6+. The first-order valence-electron chi connectivity index (χ1n) is 6.50. The van der Waals surface area contributed by atoms with Gasteiger partial charge in [0.05, 0.1) is 19.6 Å². The summed E-state index contributed by atoms with van der Waals surface area (Å²) in [6, 6.07) is 5.93. The van der Waals surface area contributed by atoms with E-state index in [4.69, 9.17) is 0 Å². The molecule has 0 unspecified atom stereocenters. The van der Waals surface area contributed by atoms with E-state index in [1.54, 1.807) is 12.1 Å². The zero-order valence-corrected chi connectivity index (χ0v) is 13.7. The minimum absolute atomic E-state index is 0.0202. The van der Waals surface area contributed by atoms with Crippen LogP contribution >= 0.6 is 22.7 Å². The first-order chi connectivity index (χ1) is 12.0. The van der Waals surface area contributed by atoms with Crippen LogP contribution in [-0.4, -0.2) is 37.5 Å². The van der Waals surface area contributed by atoms with Crippen LogP contribution in [0.2, 0.25) is 0 Å². The molecule has 0 saturated heterocycles. The fraction of sp³-hybridized carbons (Fsp3) is 0. The highest BCUT2D eigenvalue weighted by molar-refractivity contribution is 7.17. The minimum Gasteiger partial charge on any atom is -0.258 e. The lowest BCUT2D eigenvalue weighted by molar-refractivity contribution is -0.380. The van der Waals surface area contributed by atoms with Crippen molar-refractivity contribution in [3.05, 3.63) is 54.2 Å². The third-order valence-electron chi connectivity index (χ3n) is 2.67. The molecule has 25 heavy (non-hydrogen) atoms. The van der Waals surface area contributed by atoms with Crippen molar-refractivity contribution in [1.29, 1.82) is 0 Å². The van der Waals surface area contributed by atoms with Gasteiger partial charge in [-0.3, -0.25) is 20.2 Å². The van der Waals surface area contributed by atoms with E-state index in [0.29, 0.717) is 9.75 Å². The molecule has 0 aliphatic rings. The number of rotatable bonds is 6. The molecule has 0 fully saturated rings. The van der Waals surface area contributed by atoms with Crippen LogP contribution in [0.1, 0.15) is 9.75 Å². The molecular weight excluding hydrogens is 370 g/mol. The third-order valence-corrected chi connectivity index (χ3v) is 4.61. The molecule has 126 valence electrons. The molecule has 3 aromatic rings. The van der Waals surface area contributed by atoms with Crippen LogP contribution in [-0.2, 0) is 0 Å². The molecule has 1 N–H and O–H groups in total. The zero-order valence-electron chi connectivity index (χ0n) is 12.1. The molecule has 0 spiro atoms. The van der Waals surface area contributed by atoms with E-state index in [2.05, 4.69) is 25.2 Å². The molecule has 0 saturated carbocycles. The quantitative estimate of drug-likeness (QED) is 0.395. The Morgan fingerprint density at radius 3 is 2.04 bits per heavy atom. The van der Waals surface area contributed by atoms with Gasteiger partial charge < -0.3 is 0 Å². The highest BCUT2D eigenvalue weighted by atomic mass is 32.1. The molecule has 0 aliphatic carbocycles. The van der Waals surface area contributed by atoms with Gasteiger partial charge in [0.1, 0.15) is 0 Å². The zero-order chi connectivity index (χ0) is 17.8. The summed E-state index contributed by atoms with van der Waals surface area (Å²) in [5.74, 6) is 0.292. The van der Waals surface area contributed by atoms with Crippen molar-refractivity contribution >= 4 is 57.0 Å². The predicted octanol–water partition coefficient (Wildman–Crippen LogP) is 3.25. The second-order valence-electron chi connectivity index (χ2n) is 4.34. The summed E-state index contributed by atoms with van der Waals surface area (Å²) in [7, 11) is 0. The fourth-order valence-electron chi connectivity index (χ4n) is 1.63. The van der Waals surface area contributed by atoms with Gasteiger partial charge in [0, 0.05) is 24.6 Å². The fourth-order valence-corrected chi connectivity index (χ4v) is 3.01. The lowest BCUT2D eigenvalue weighted by Crippen LogP contribution is -1.80. The summed E-state index contributed by atoms with van der Waals surface area (Å²) in [6.45, 7) is 0. The molecule has 0 aromatic carbocycles. The van der Waals surface area contributed by atoms with E-state index in [0.717, 1.165) is 22.7 Å².